The van der Waals surface area contributed by atoms with Crippen molar-refractivity contribution in [2.75, 3.05) is 47.5 Å². The molecule has 0 aliphatic rings. The van der Waals surface area contributed by atoms with Gasteiger partial charge in [-0.15, -0.1) is 0 Å². The summed E-state index contributed by atoms with van der Waals surface area (Å²) in [5.74, 6) is -0.773. The summed E-state index contributed by atoms with van der Waals surface area (Å²) in [7, 11) is 1.50. The molecule has 0 aromatic heterocycles. The second kappa shape index (κ2) is 61.3. The van der Waals surface area contributed by atoms with Gasteiger partial charge in [-0.05, 0) is 38.5 Å². The Morgan fingerprint density at radius 1 is 0.380 bits per heavy atom. The van der Waals surface area contributed by atoms with Gasteiger partial charge in [0.25, 0.3) is 0 Å². The van der Waals surface area contributed by atoms with Gasteiger partial charge in [0.05, 0.1) is 27.7 Å². The van der Waals surface area contributed by atoms with Crippen molar-refractivity contribution in [3.63, 3.8) is 0 Å². The van der Waals surface area contributed by atoms with Crippen LogP contribution in [-0.4, -0.2) is 74.9 Å². The van der Waals surface area contributed by atoms with Crippen LogP contribution in [0.15, 0.2) is 12.2 Å². The molecule has 470 valence electrons. The van der Waals surface area contributed by atoms with Gasteiger partial charge in [0.15, 0.2) is 6.10 Å². The summed E-state index contributed by atoms with van der Waals surface area (Å²) in [4.78, 5) is 35.8. The zero-order valence-corrected chi connectivity index (χ0v) is 54.5. The third-order valence-corrected chi connectivity index (χ3v) is 17.0. The summed E-state index contributed by atoms with van der Waals surface area (Å²) < 4.78 is 34.7. The molecule has 0 aromatic carbocycles. The van der Waals surface area contributed by atoms with Crippen molar-refractivity contribution in [2.45, 2.75) is 373 Å². The molecule has 0 spiro atoms. The number of likely N-dealkylation sites (N-methyl/N-ethyl adjacent to an activating group) is 1. The molecule has 2 unspecified atom stereocenters. The number of phosphoric acid groups is 1. The summed E-state index contributed by atoms with van der Waals surface area (Å²) in [6.07, 6.45) is 74.6. The quantitative estimate of drug-likeness (QED) is 0.0211. The molecule has 0 radical (unpaired) electrons. The van der Waals surface area contributed by atoms with E-state index in [1.54, 1.807) is 0 Å². The largest absolute Gasteiger partial charge is 0.472 e. The number of quaternary nitrogens is 1. The molecule has 2 atom stereocenters. The van der Waals surface area contributed by atoms with E-state index >= 15 is 0 Å². The zero-order chi connectivity index (χ0) is 57.7. The Kier molecular flexibility index (Phi) is 60.3. The average molecular weight is 1140 g/mol. The molecule has 10 heteroatoms. The second-order valence-corrected chi connectivity index (χ2v) is 26.7. The van der Waals surface area contributed by atoms with Gasteiger partial charge in [0, 0.05) is 12.8 Å². The summed E-state index contributed by atoms with van der Waals surface area (Å²) in [5, 5.41) is 0. The van der Waals surface area contributed by atoms with E-state index < -0.39 is 26.5 Å². The Labute approximate surface area is 492 Å². The van der Waals surface area contributed by atoms with Crippen molar-refractivity contribution in [1.29, 1.82) is 0 Å². The number of hydrogen-bond donors (Lipinski definition) is 1. The number of unbranched alkanes of at least 4 members (excludes halogenated alkanes) is 50. The van der Waals surface area contributed by atoms with E-state index in [1.165, 1.54) is 302 Å². The molecule has 0 heterocycles. The number of esters is 2. The smallest absolute Gasteiger partial charge is 0.462 e. The number of ether oxygens (including phenoxy) is 2. The fourth-order valence-electron chi connectivity index (χ4n) is 10.7. The highest BCUT2D eigenvalue weighted by Crippen LogP contribution is 2.43. The third-order valence-electron chi connectivity index (χ3n) is 16.0. The van der Waals surface area contributed by atoms with Crippen LogP contribution in [0.25, 0.3) is 0 Å². The Morgan fingerprint density at radius 2 is 0.646 bits per heavy atom. The summed E-state index contributed by atoms with van der Waals surface area (Å²) in [5.41, 5.74) is 0. The van der Waals surface area contributed by atoms with Crippen molar-refractivity contribution in [3.8, 4) is 0 Å². The molecule has 0 bridgehead atoms. The van der Waals surface area contributed by atoms with E-state index in [1.807, 2.05) is 21.1 Å². The summed E-state index contributed by atoms with van der Waals surface area (Å²) in [6.45, 7) is 4.52. The highest BCUT2D eigenvalue weighted by molar-refractivity contribution is 7.47. The minimum absolute atomic E-state index is 0.0360. The molecule has 0 aliphatic carbocycles. The van der Waals surface area contributed by atoms with Gasteiger partial charge >= 0.3 is 19.8 Å². The van der Waals surface area contributed by atoms with Crippen molar-refractivity contribution >= 4 is 19.8 Å². The number of rotatable bonds is 66. The number of hydrogen-bond acceptors (Lipinski definition) is 7. The van der Waals surface area contributed by atoms with E-state index in [0.29, 0.717) is 23.9 Å². The predicted octanol–water partition coefficient (Wildman–Crippen LogP) is 22.3. The van der Waals surface area contributed by atoms with E-state index in [2.05, 4.69) is 26.0 Å². The predicted molar refractivity (Wildman–Crippen MR) is 340 cm³/mol. The summed E-state index contributed by atoms with van der Waals surface area (Å²) >= 11 is 0. The topological polar surface area (TPSA) is 108 Å². The minimum Gasteiger partial charge on any atom is -0.462 e. The van der Waals surface area contributed by atoms with Crippen LogP contribution >= 0.6 is 7.82 Å². The maximum Gasteiger partial charge on any atom is 0.472 e. The van der Waals surface area contributed by atoms with E-state index in [9.17, 15) is 19.0 Å². The standard InChI is InChI=1S/C69H136NO8P/c1-6-8-10-12-14-16-18-20-22-24-26-28-30-32-33-34-35-36-38-39-41-43-45-47-49-51-53-55-57-59-61-68(71)75-65-67(66-77-79(73,74)76-64-63-70(3,4)5)78-69(72)62-60-58-56-54-52-50-48-46-44-42-40-37-31-29-27-25-23-21-19-17-15-13-11-9-7-2/h25,27,67H,6-24,26,28-66H2,1-5H3/p+1/b27-25-. The number of allylic oxidation sites excluding steroid dienone is 2. The lowest BCUT2D eigenvalue weighted by Gasteiger charge is -2.24. The van der Waals surface area contributed by atoms with E-state index in [4.69, 9.17) is 18.5 Å². The molecular formula is C69H137NO8P+. The molecule has 0 saturated carbocycles. The fraction of sp³-hybridized carbons (Fsp3) is 0.942. The van der Waals surface area contributed by atoms with Crippen LogP contribution in [-0.2, 0) is 32.7 Å². The molecule has 79 heavy (non-hydrogen) atoms. The lowest BCUT2D eigenvalue weighted by molar-refractivity contribution is -0.870. The maximum atomic E-state index is 12.9. The Bertz CT molecular complexity index is 1340. The first-order valence-electron chi connectivity index (χ1n) is 34.9. The molecular weight excluding hydrogens is 1000 g/mol. The third kappa shape index (κ3) is 65.8. The van der Waals surface area contributed by atoms with Gasteiger partial charge in [-0.1, -0.05) is 328 Å². The van der Waals surface area contributed by atoms with Crippen molar-refractivity contribution in [3.05, 3.63) is 12.2 Å². The molecule has 0 rings (SSSR count). The first kappa shape index (κ1) is 77.8. The number of phosphoric ester groups is 1. The minimum atomic E-state index is -4.39. The molecule has 0 aliphatic heterocycles. The molecule has 1 N–H and O–H groups in total. The number of carbonyl (C=O) groups is 2. The van der Waals surface area contributed by atoms with Crippen LogP contribution in [0, 0.1) is 0 Å². The molecule has 0 aromatic rings. The normalized spacial score (nSPS) is 13.1. The summed E-state index contributed by atoms with van der Waals surface area (Å²) in [6, 6.07) is 0. The van der Waals surface area contributed by atoms with Crippen LogP contribution in [0.2, 0.25) is 0 Å². The SMILES string of the molecule is CCCCCCCCCC/C=C\CCCCCCCCCCCCCCCC(=O)OC(COC(=O)CCCCCCCCCCCCCCCCCCCCCCCCCCCCCCCC)COP(=O)(O)OCC[N+](C)(C)C. The molecule has 0 fully saturated rings. The van der Waals surface area contributed by atoms with Crippen LogP contribution < -0.4 is 0 Å². The average Bonchev–Trinajstić information content (AvgIpc) is 3.41. The lowest BCUT2D eigenvalue weighted by atomic mass is 10.0. The van der Waals surface area contributed by atoms with E-state index in [-0.39, 0.29) is 25.6 Å². The first-order chi connectivity index (χ1) is 38.5. The van der Waals surface area contributed by atoms with Crippen molar-refractivity contribution < 1.29 is 42.1 Å². The van der Waals surface area contributed by atoms with Crippen LogP contribution in [0.3, 0.4) is 0 Å². The van der Waals surface area contributed by atoms with Gasteiger partial charge in [-0.3, -0.25) is 18.6 Å². The Hall–Kier alpha value is -1.25. The Balaban J connectivity index is 3.98. The zero-order valence-electron chi connectivity index (χ0n) is 53.7. The van der Waals surface area contributed by atoms with E-state index in [0.717, 1.165) is 32.1 Å². The highest BCUT2D eigenvalue weighted by Gasteiger charge is 2.27. The molecule has 0 amide bonds. The van der Waals surface area contributed by atoms with Gasteiger partial charge in [-0.2, -0.15) is 0 Å². The van der Waals surface area contributed by atoms with Gasteiger partial charge in [0.2, 0.25) is 0 Å². The van der Waals surface area contributed by atoms with Crippen LogP contribution in [0.1, 0.15) is 367 Å². The molecule has 9 nitrogen and oxygen atoms in total. The molecule has 0 saturated heterocycles. The van der Waals surface area contributed by atoms with Gasteiger partial charge in [-0.25, -0.2) is 4.57 Å². The highest BCUT2D eigenvalue weighted by atomic mass is 31.2. The van der Waals surface area contributed by atoms with Crippen LogP contribution in [0.4, 0.5) is 0 Å². The van der Waals surface area contributed by atoms with Crippen molar-refractivity contribution in [2.24, 2.45) is 0 Å². The first-order valence-corrected chi connectivity index (χ1v) is 36.4. The number of nitrogens with zero attached hydrogens (tertiary/aromatic N) is 1. The monoisotopic (exact) mass is 1140 g/mol. The van der Waals surface area contributed by atoms with Gasteiger partial charge in [0.1, 0.15) is 19.8 Å². The second-order valence-electron chi connectivity index (χ2n) is 25.3. The fourth-order valence-corrected chi connectivity index (χ4v) is 11.4. The van der Waals surface area contributed by atoms with Crippen LogP contribution in [0.5, 0.6) is 0 Å². The lowest BCUT2D eigenvalue weighted by Crippen LogP contribution is -2.37. The number of carbonyl (C=O) groups excluding carboxylic acids is 2. The Morgan fingerprint density at radius 3 is 0.937 bits per heavy atom. The maximum absolute atomic E-state index is 12.9. The van der Waals surface area contributed by atoms with Crippen molar-refractivity contribution in [1.82, 2.24) is 0 Å². The van der Waals surface area contributed by atoms with Gasteiger partial charge < -0.3 is 18.9 Å².